The Bertz CT molecular complexity index is 1360. The average molecular weight is 633 g/mol. The number of carbonyl (C=O) groups excluding carboxylic acids is 1. The molecule has 4 rings (SSSR count). The van der Waals surface area contributed by atoms with Crippen molar-refractivity contribution >= 4 is 5.78 Å². The standard InChI is InChI=1S/C40H56O6/c1-26(2)10-6-11-27(3)12-7-14-33-35(43)16-8-13-30-25-40(38(45)37(30)33)34(15-9-23-41)32(21-22-39(40,5)46)28(4)36(44)24-29-17-19-31(42)20-18-29/h7,10,12,14,17-20,30,34-35,37-38,41-43,45-46H,3,6,8-9,11,13,15-16,21-25H2,1-2,4-5H3/b12-7-,32-28+,33-14-/t30-,34+,35-,37+,38+,39+,40+/m0/s1. The number of hydrogen-bond acceptors (Lipinski definition) is 6. The molecule has 0 unspecified atom stereocenters. The number of allylic oxidation sites excluding steroid dienone is 8. The number of benzene rings is 1. The lowest BCUT2D eigenvalue weighted by Gasteiger charge is -2.56. The maximum Gasteiger partial charge on any atom is 0.162 e. The number of phenolic OH excluding ortho intramolecular Hbond substituents is 1. The van der Waals surface area contributed by atoms with Gasteiger partial charge in [-0.15, -0.1) is 0 Å². The van der Waals surface area contributed by atoms with Gasteiger partial charge in [-0.1, -0.05) is 66.2 Å². The van der Waals surface area contributed by atoms with Crippen molar-refractivity contribution in [3.63, 3.8) is 0 Å². The van der Waals surface area contributed by atoms with Crippen LogP contribution in [0.2, 0.25) is 0 Å². The van der Waals surface area contributed by atoms with Crippen LogP contribution in [0.15, 0.2) is 83.0 Å². The van der Waals surface area contributed by atoms with E-state index < -0.39 is 23.2 Å². The van der Waals surface area contributed by atoms with Crippen LogP contribution >= 0.6 is 0 Å². The van der Waals surface area contributed by atoms with Crippen molar-refractivity contribution in [2.24, 2.45) is 23.2 Å². The zero-order valence-electron chi connectivity index (χ0n) is 28.3. The van der Waals surface area contributed by atoms with E-state index >= 15 is 0 Å². The summed E-state index contributed by atoms with van der Waals surface area (Å²) in [6.07, 6.45) is 13.4. The smallest absolute Gasteiger partial charge is 0.162 e. The second-order valence-electron chi connectivity index (χ2n) is 14.5. The fourth-order valence-corrected chi connectivity index (χ4v) is 8.75. The normalized spacial score (nSPS) is 33.2. The first-order valence-corrected chi connectivity index (χ1v) is 17.2. The second kappa shape index (κ2) is 15.4. The molecule has 5 N–H and O–H groups in total. The van der Waals surface area contributed by atoms with E-state index in [1.54, 1.807) is 24.3 Å². The quantitative estimate of drug-likeness (QED) is 0.101. The zero-order valence-corrected chi connectivity index (χ0v) is 28.3. The Morgan fingerprint density at radius 3 is 2.50 bits per heavy atom. The van der Waals surface area contributed by atoms with E-state index in [9.17, 15) is 30.3 Å². The molecule has 6 nitrogen and oxygen atoms in total. The molecule has 0 aliphatic heterocycles. The monoisotopic (exact) mass is 632 g/mol. The van der Waals surface area contributed by atoms with Crippen LogP contribution < -0.4 is 0 Å². The lowest BCUT2D eigenvalue weighted by molar-refractivity contribution is -0.168. The van der Waals surface area contributed by atoms with Crippen LogP contribution in [0.3, 0.4) is 0 Å². The first-order chi connectivity index (χ1) is 21.8. The molecule has 6 heteroatoms. The molecule has 1 aromatic carbocycles. The summed E-state index contributed by atoms with van der Waals surface area (Å²) < 4.78 is 0. The summed E-state index contributed by atoms with van der Waals surface area (Å²) >= 11 is 0. The van der Waals surface area contributed by atoms with Gasteiger partial charge in [0.1, 0.15) is 5.75 Å². The van der Waals surface area contributed by atoms with Crippen LogP contribution in [0, 0.1) is 23.2 Å². The topological polar surface area (TPSA) is 118 Å². The molecule has 3 fully saturated rings. The Hall–Kier alpha value is -2.77. The Kier molecular flexibility index (Phi) is 12.1. The van der Waals surface area contributed by atoms with Crippen LogP contribution in [-0.4, -0.2) is 55.7 Å². The highest BCUT2D eigenvalue weighted by Gasteiger charge is 2.67. The summed E-state index contributed by atoms with van der Waals surface area (Å²) in [5.41, 5.74) is 3.40. The molecule has 3 aliphatic carbocycles. The fraction of sp³-hybridized carbons (Fsp3) is 0.575. The molecule has 1 aromatic rings. The summed E-state index contributed by atoms with van der Waals surface area (Å²) in [6, 6.07) is 6.66. The number of aliphatic hydroxyl groups is 4. The largest absolute Gasteiger partial charge is 0.508 e. The van der Waals surface area contributed by atoms with Crippen molar-refractivity contribution in [1.82, 2.24) is 0 Å². The third-order valence-electron chi connectivity index (χ3n) is 11.2. The number of ketones is 1. The highest BCUT2D eigenvalue weighted by Crippen LogP contribution is 2.66. The van der Waals surface area contributed by atoms with E-state index in [1.807, 2.05) is 32.1 Å². The highest BCUT2D eigenvalue weighted by atomic mass is 16.3. The molecule has 252 valence electrons. The van der Waals surface area contributed by atoms with Gasteiger partial charge in [-0.25, -0.2) is 0 Å². The van der Waals surface area contributed by atoms with Gasteiger partial charge in [0.2, 0.25) is 0 Å². The third-order valence-corrected chi connectivity index (χ3v) is 11.2. The highest BCUT2D eigenvalue weighted by molar-refractivity contribution is 5.97. The van der Waals surface area contributed by atoms with Crippen molar-refractivity contribution in [2.45, 2.75) is 116 Å². The van der Waals surface area contributed by atoms with E-state index in [1.165, 1.54) is 5.57 Å². The molecule has 3 saturated carbocycles. The van der Waals surface area contributed by atoms with E-state index in [-0.39, 0.29) is 42.3 Å². The van der Waals surface area contributed by atoms with Crippen molar-refractivity contribution in [3.05, 3.63) is 88.6 Å². The number of aromatic hydroxyl groups is 1. The maximum absolute atomic E-state index is 13.7. The predicted molar refractivity (Wildman–Crippen MR) is 184 cm³/mol. The Balaban J connectivity index is 1.72. The SMILES string of the molecule is C=C(/C=C\C=C1/[C@H]2[C@@H](CCC[C@@H]1O)C[C@@]1([C@H](CCCO)/C(=C(\C)C(=O)Cc3ccc(O)cc3)CC[C@@]1(C)O)[C@@H]2O)CCC=C(C)C. The van der Waals surface area contributed by atoms with E-state index in [0.29, 0.717) is 44.1 Å². The van der Waals surface area contributed by atoms with Gasteiger partial charge in [0.05, 0.1) is 17.8 Å². The first kappa shape index (κ1) is 36.1. The summed E-state index contributed by atoms with van der Waals surface area (Å²) in [5.74, 6) is -0.408. The van der Waals surface area contributed by atoms with E-state index in [2.05, 4.69) is 26.5 Å². The van der Waals surface area contributed by atoms with Crippen molar-refractivity contribution in [3.8, 4) is 5.75 Å². The number of carbonyl (C=O) groups is 1. The predicted octanol–water partition coefficient (Wildman–Crippen LogP) is 7.07. The molecule has 7 atom stereocenters. The van der Waals surface area contributed by atoms with Crippen LogP contribution in [-0.2, 0) is 11.2 Å². The van der Waals surface area contributed by atoms with Crippen molar-refractivity contribution in [1.29, 1.82) is 0 Å². The van der Waals surface area contributed by atoms with Gasteiger partial charge < -0.3 is 25.5 Å². The summed E-state index contributed by atoms with van der Waals surface area (Å²) in [6.45, 7) is 12.0. The molecule has 0 heterocycles. The summed E-state index contributed by atoms with van der Waals surface area (Å²) in [7, 11) is 0. The zero-order chi connectivity index (χ0) is 33.6. The van der Waals surface area contributed by atoms with Crippen LogP contribution in [0.5, 0.6) is 5.75 Å². The third kappa shape index (κ3) is 7.68. The minimum absolute atomic E-state index is 0.0148. The van der Waals surface area contributed by atoms with Gasteiger partial charge in [-0.3, -0.25) is 4.79 Å². The molecular weight excluding hydrogens is 576 g/mol. The molecule has 0 amide bonds. The first-order valence-electron chi connectivity index (χ1n) is 17.2. The van der Waals surface area contributed by atoms with Crippen molar-refractivity contribution in [2.75, 3.05) is 6.61 Å². The van der Waals surface area contributed by atoms with Gasteiger partial charge >= 0.3 is 0 Å². The maximum atomic E-state index is 13.7. The lowest BCUT2D eigenvalue weighted by Crippen LogP contribution is -2.59. The molecule has 1 spiro atoms. The van der Waals surface area contributed by atoms with Gasteiger partial charge in [-0.05, 0) is 126 Å². The molecule has 0 radical (unpaired) electrons. The molecule has 0 saturated heterocycles. The van der Waals surface area contributed by atoms with Crippen molar-refractivity contribution < 1.29 is 30.3 Å². The minimum atomic E-state index is -1.20. The number of aliphatic hydroxyl groups excluding tert-OH is 3. The Morgan fingerprint density at radius 2 is 1.83 bits per heavy atom. The van der Waals surface area contributed by atoms with Gasteiger partial charge in [0.25, 0.3) is 0 Å². The average Bonchev–Trinajstić information content (AvgIpc) is 3.19. The Labute approximate surface area is 276 Å². The number of Topliss-reactive ketones (excluding diaryl/α,β-unsaturated/α-hetero) is 1. The summed E-state index contributed by atoms with van der Waals surface area (Å²) in [4.78, 5) is 13.7. The molecule has 46 heavy (non-hydrogen) atoms. The lowest BCUT2D eigenvalue weighted by atomic mass is 9.52. The van der Waals surface area contributed by atoms with E-state index in [0.717, 1.165) is 48.0 Å². The van der Waals surface area contributed by atoms with Gasteiger partial charge in [-0.2, -0.15) is 0 Å². The number of hydrogen-bond donors (Lipinski definition) is 5. The fourth-order valence-electron chi connectivity index (χ4n) is 8.75. The summed E-state index contributed by atoms with van der Waals surface area (Å²) in [5, 5.41) is 55.8. The minimum Gasteiger partial charge on any atom is -0.508 e. The van der Waals surface area contributed by atoms with E-state index in [4.69, 9.17) is 0 Å². The molecule has 0 aromatic heterocycles. The Morgan fingerprint density at radius 1 is 1.11 bits per heavy atom. The van der Waals surface area contributed by atoms with Crippen LogP contribution in [0.1, 0.15) is 97.5 Å². The number of rotatable bonds is 11. The van der Waals surface area contributed by atoms with Gasteiger partial charge in [0, 0.05) is 24.4 Å². The van der Waals surface area contributed by atoms with Gasteiger partial charge in [0.15, 0.2) is 5.78 Å². The molecular formula is C40H56O6. The van der Waals surface area contributed by atoms with Crippen LogP contribution in [0.4, 0.5) is 0 Å². The number of fused-ring (bicyclic) bond motifs is 1. The number of phenols is 1. The molecule has 3 aliphatic rings. The van der Waals surface area contributed by atoms with Crippen LogP contribution in [0.25, 0.3) is 0 Å². The second-order valence-corrected chi connectivity index (χ2v) is 14.5. The molecule has 0 bridgehead atoms.